The van der Waals surface area contributed by atoms with Crippen molar-refractivity contribution in [1.29, 1.82) is 0 Å². The van der Waals surface area contributed by atoms with Crippen molar-refractivity contribution in [3.05, 3.63) is 17.8 Å². The van der Waals surface area contributed by atoms with Crippen LogP contribution >= 0.6 is 0 Å². The highest BCUT2D eigenvalue weighted by Gasteiger charge is 2.35. The minimum atomic E-state index is -4.48. The summed E-state index contributed by atoms with van der Waals surface area (Å²) in [5.74, 6) is 0.600. The van der Waals surface area contributed by atoms with E-state index in [1.54, 1.807) is 0 Å². The highest BCUT2D eigenvalue weighted by molar-refractivity contribution is 5.79. The molecule has 28 heavy (non-hydrogen) atoms. The summed E-state index contributed by atoms with van der Waals surface area (Å²) in [5, 5.41) is 7.00. The number of piperidine rings is 1. The van der Waals surface area contributed by atoms with Crippen LogP contribution in [-0.2, 0) is 11.0 Å². The zero-order valence-electron chi connectivity index (χ0n) is 16.6. The number of halogens is 3. The molecule has 1 amide bonds. The van der Waals surface area contributed by atoms with Crippen molar-refractivity contribution in [2.45, 2.75) is 51.9 Å². The first-order valence-corrected chi connectivity index (χ1v) is 9.87. The van der Waals surface area contributed by atoms with E-state index in [0.29, 0.717) is 43.8 Å². The number of carbonyl (C=O) groups excluding carboxylic acids is 1. The van der Waals surface area contributed by atoms with Crippen LogP contribution in [0.5, 0.6) is 0 Å². The second kappa shape index (κ2) is 8.23. The molecule has 1 unspecified atom stereocenters. The summed E-state index contributed by atoms with van der Waals surface area (Å²) in [6.07, 6.45) is -3.12. The molecule has 0 aliphatic carbocycles. The van der Waals surface area contributed by atoms with Crippen LogP contribution < -0.4 is 4.90 Å². The summed E-state index contributed by atoms with van der Waals surface area (Å²) >= 11 is 0. The van der Waals surface area contributed by atoms with E-state index in [1.807, 2.05) is 9.80 Å². The van der Waals surface area contributed by atoms with Crippen molar-refractivity contribution >= 4 is 11.7 Å². The van der Waals surface area contributed by atoms with Gasteiger partial charge in [-0.1, -0.05) is 0 Å². The Labute approximate surface area is 163 Å². The Morgan fingerprint density at radius 1 is 1.11 bits per heavy atom. The van der Waals surface area contributed by atoms with Crippen LogP contribution in [0.4, 0.5) is 19.0 Å². The fourth-order valence-corrected chi connectivity index (χ4v) is 4.20. The molecule has 3 rings (SSSR count). The quantitative estimate of drug-likeness (QED) is 0.782. The lowest BCUT2D eigenvalue weighted by atomic mass is 9.94. The molecule has 0 spiro atoms. The Morgan fingerprint density at radius 3 is 2.29 bits per heavy atom. The van der Waals surface area contributed by atoms with E-state index in [0.717, 1.165) is 25.7 Å². The van der Waals surface area contributed by atoms with E-state index in [2.05, 4.69) is 35.9 Å². The molecule has 1 aromatic heterocycles. The summed E-state index contributed by atoms with van der Waals surface area (Å²) in [6.45, 7) is 10.1. The fraction of sp³-hybridized carbons (Fsp3) is 0.737. The van der Waals surface area contributed by atoms with Crippen LogP contribution in [0.1, 0.15) is 39.3 Å². The van der Waals surface area contributed by atoms with Gasteiger partial charge in [0, 0.05) is 50.7 Å². The Kier molecular flexibility index (Phi) is 6.12. The first kappa shape index (κ1) is 20.8. The summed E-state index contributed by atoms with van der Waals surface area (Å²) in [4.78, 5) is 19.2. The first-order chi connectivity index (χ1) is 13.2. The SMILES string of the molecule is CC(C)N1CCN(C(=O)C2CCN(c3ccc(C(F)(F)F)nn3)CC2)CC1C. The van der Waals surface area contributed by atoms with E-state index in [1.165, 1.54) is 6.07 Å². The highest BCUT2D eigenvalue weighted by Crippen LogP contribution is 2.29. The molecule has 2 saturated heterocycles. The summed E-state index contributed by atoms with van der Waals surface area (Å²) in [7, 11) is 0. The zero-order valence-corrected chi connectivity index (χ0v) is 16.6. The van der Waals surface area contributed by atoms with Gasteiger partial charge in [0.25, 0.3) is 0 Å². The summed E-state index contributed by atoms with van der Waals surface area (Å²) < 4.78 is 37.8. The van der Waals surface area contributed by atoms with Gasteiger partial charge in [0.1, 0.15) is 0 Å². The third kappa shape index (κ3) is 4.56. The van der Waals surface area contributed by atoms with E-state index in [4.69, 9.17) is 0 Å². The van der Waals surface area contributed by atoms with Gasteiger partial charge in [-0.15, -0.1) is 10.2 Å². The zero-order chi connectivity index (χ0) is 20.5. The van der Waals surface area contributed by atoms with Crippen LogP contribution in [0.15, 0.2) is 12.1 Å². The van der Waals surface area contributed by atoms with Crippen molar-refractivity contribution in [2.24, 2.45) is 5.92 Å². The van der Waals surface area contributed by atoms with E-state index in [-0.39, 0.29) is 11.8 Å². The predicted molar refractivity (Wildman–Crippen MR) is 99.9 cm³/mol. The van der Waals surface area contributed by atoms with Crippen molar-refractivity contribution in [3.8, 4) is 0 Å². The van der Waals surface area contributed by atoms with E-state index < -0.39 is 11.9 Å². The molecule has 1 atom stereocenters. The Balaban J connectivity index is 1.53. The molecule has 1 aromatic rings. The highest BCUT2D eigenvalue weighted by atomic mass is 19.4. The minimum Gasteiger partial charge on any atom is -0.355 e. The predicted octanol–water partition coefficient (Wildman–Crippen LogP) is 2.65. The number of amides is 1. The number of aromatic nitrogens is 2. The van der Waals surface area contributed by atoms with Crippen molar-refractivity contribution in [3.63, 3.8) is 0 Å². The van der Waals surface area contributed by atoms with Gasteiger partial charge in [0.05, 0.1) is 0 Å². The largest absolute Gasteiger partial charge is 0.435 e. The topological polar surface area (TPSA) is 52.6 Å². The molecule has 0 radical (unpaired) electrons. The number of piperazine rings is 1. The maximum atomic E-state index is 12.9. The normalized spacial score (nSPS) is 22.8. The maximum Gasteiger partial charge on any atom is 0.435 e. The molecule has 156 valence electrons. The number of carbonyl (C=O) groups is 1. The fourth-order valence-electron chi connectivity index (χ4n) is 4.20. The van der Waals surface area contributed by atoms with Gasteiger partial charge in [0.15, 0.2) is 11.5 Å². The monoisotopic (exact) mass is 399 g/mol. The standard InChI is InChI=1S/C19H28F3N5O/c1-13(2)27-11-10-26(12-14(27)3)18(28)15-6-8-25(9-7-15)17-5-4-16(23-24-17)19(20,21)22/h4-5,13-15H,6-12H2,1-3H3. The molecule has 2 aliphatic rings. The van der Waals surface area contributed by atoms with Crippen molar-refractivity contribution in [1.82, 2.24) is 20.0 Å². The Bertz CT molecular complexity index is 671. The maximum absolute atomic E-state index is 12.9. The second-order valence-corrected chi connectivity index (χ2v) is 8.00. The third-order valence-electron chi connectivity index (χ3n) is 5.76. The molecular weight excluding hydrogens is 371 g/mol. The average Bonchev–Trinajstić information content (AvgIpc) is 2.66. The van der Waals surface area contributed by atoms with Gasteiger partial charge < -0.3 is 9.80 Å². The third-order valence-corrected chi connectivity index (χ3v) is 5.76. The van der Waals surface area contributed by atoms with Crippen LogP contribution in [0.2, 0.25) is 0 Å². The van der Waals surface area contributed by atoms with Gasteiger partial charge in [0.2, 0.25) is 5.91 Å². The Morgan fingerprint density at radius 2 is 1.79 bits per heavy atom. The molecular formula is C19H28F3N5O. The lowest BCUT2D eigenvalue weighted by Crippen LogP contribution is -2.57. The first-order valence-electron chi connectivity index (χ1n) is 9.87. The molecule has 0 saturated carbocycles. The van der Waals surface area contributed by atoms with E-state index >= 15 is 0 Å². The second-order valence-electron chi connectivity index (χ2n) is 8.00. The summed E-state index contributed by atoms with van der Waals surface area (Å²) in [5.41, 5.74) is -0.990. The van der Waals surface area contributed by atoms with Gasteiger partial charge in [-0.3, -0.25) is 9.69 Å². The lowest BCUT2D eigenvalue weighted by molar-refractivity contribution is -0.142. The molecule has 9 heteroatoms. The summed E-state index contributed by atoms with van der Waals surface area (Å²) in [6, 6.07) is 3.13. The number of alkyl halides is 3. The molecule has 3 heterocycles. The van der Waals surface area contributed by atoms with Gasteiger partial charge in [-0.2, -0.15) is 13.2 Å². The molecule has 2 fully saturated rings. The number of hydrogen-bond donors (Lipinski definition) is 0. The average molecular weight is 399 g/mol. The Hall–Kier alpha value is -1.90. The van der Waals surface area contributed by atoms with Gasteiger partial charge in [-0.05, 0) is 45.7 Å². The number of hydrogen-bond acceptors (Lipinski definition) is 5. The molecule has 6 nitrogen and oxygen atoms in total. The molecule has 0 aromatic carbocycles. The van der Waals surface area contributed by atoms with Crippen LogP contribution in [0.25, 0.3) is 0 Å². The number of anilines is 1. The lowest BCUT2D eigenvalue weighted by Gasteiger charge is -2.43. The van der Waals surface area contributed by atoms with Gasteiger partial charge in [-0.25, -0.2) is 0 Å². The van der Waals surface area contributed by atoms with Crippen LogP contribution in [0.3, 0.4) is 0 Å². The van der Waals surface area contributed by atoms with Crippen LogP contribution in [0, 0.1) is 5.92 Å². The molecule has 2 aliphatic heterocycles. The number of rotatable bonds is 3. The van der Waals surface area contributed by atoms with Gasteiger partial charge >= 0.3 is 6.18 Å². The van der Waals surface area contributed by atoms with E-state index in [9.17, 15) is 18.0 Å². The van der Waals surface area contributed by atoms with Crippen LogP contribution in [-0.4, -0.2) is 70.7 Å². The number of nitrogens with zero attached hydrogens (tertiary/aromatic N) is 5. The minimum absolute atomic E-state index is 0.0311. The molecule has 0 N–H and O–H groups in total. The molecule has 0 bridgehead atoms. The van der Waals surface area contributed by atoms with Crippen molar-refractivity contribution in [2.75, 3.05) is 37.6 Å². The van der Waals surface area contributed by atoms with Crippen molar-refractivity contribution < 1.29 is 18.0 Å². The smallest absolute Gasteiger partial charge is 0.355 e.